The first kappa shape index (κ1) is 6.67. The Kier molecular flexibility index (Phi) is 1.62. The van der Waals surface area contributed by atoms with Crippen LogP contribution in [-0.2, 0) is 0 Å². The molecule has 10 heavy (non-hydrogen) atoms. The Morgan fingerprint density at radius 1 is 1.50 bits per heavy atom. The second kappa shape index (κ2) is 2.43. The van der Waals surface area contributed by atoms with Gasteiger partial charge in [-0.15, -0.1) is 10.2 Å². The van der Waals surface area contributed by atoms with Gasteiger partial charge in [-0.2, -0.15) is 0 Å². The molecule has 1 aromatic heterocycles. The topological polar surface area (TPSA) is 68.9 Å². The standard InChI is InChI=1S/C6H7N3O/c1-4(10)5-2-3-6(7)9-8-5/h2-3H,1H3,(H2,7,9). The first-order valence-corrected chi connectivity index (χ1v) is 2.80. The third-order valence-electron chi connectivity index (χ3n) is 1.05. The number of ketones is 1. The molecule has 0 aliphatic carbocycles. The highest BCUT2D eigenvalue weighted by Gasteiger charge is 1.98. The predicted octanol–water partition coefficient (Wildman–Crippen LogP) is 0.261. The lowest BCUT2D eigenvalue weighted by atomic mass is 10.3. The van der Waals surface area contributed by atoms with Gasteiger partial charge >= 0.3 is 0 Å². The summed E-state index contributed by atoms with van der Waals surface area (Å²) in [6.45, 7) is 1.43. The smallest absolute Gasteiger partial charge is 0.180 e. The maximum atomic E-state index is 10.6. The largest absolute Gasteiger partial charge is 0.382 e. The molecule has 4 heteroatoms. The molecule has 1 rings (SSSR count). The summed E-state index contributed by atoms with van der Waals surface area (Å²) in [6, 6.07) is 3.09. The number of nitrogens with two attached hydrogens (primary N) is 1. The highest BCUT2D eigenvalue weighted by Crippen LogP contribution is 1.96. The van der Waals surface area contributed by atoms with Crippen LogP contribution in [0.15, 0.2) is 12.1 Å². The van der Waals surface area contributed by atoms with E-state index in [-0.39, 0.29) is 5.78 Å². The zero-order valence-corrected chi connectivity index (χ0v) is 5.53. The molecule has 0 aliphatic rings. The Labute approximate surface area is 58.1 Å². The van der Waals surface area contributed by atoms with Crippen LogP contribution >= 0.6 is 0 Å². The van der Waals surface area contributed by atoms with Crippen LogP contribution in [0.4, 0.5) is 5.82 Å². The van der Waals surface area contributed by atoms with Crippen molar-refractivity contribution >= 4 is 11.6 Å². The molecule has 0 unspecified atom stereocenters. The van der Waals surface area contributed by atoms with E-state index in [1.807, 2.05) is 0 Å². The van der Waals surface area contributed by atoms with E-state index in [1.165, 1.54) is 6.92 Å². The van der Waals surface area contributed by atoms with E-state index in [0.717, 1.165) is 0 Å². The Balaban J connectivity index is 3.00. The van der Waals surface area contributed by atoms with Crippen LogP contribution in [0.3, 0.4) is 0 Å². The summed E-state index contributed by atoms with van der Waals surface area (Å²) in [5.74, 6) is 0.220. The number of nitrogens with zero attached hydrogens (tertiary/aromatic N) is 2. The number of nitrogen functional groups attached to an aromatic ring is 1. The maximum Gasteiger partial charge on any atom is 0.180 e. The molecule has 52 valence electrons. The number of hydrogen-bond donors (Lipinski definition) is 1. The quantitative estimate of drug-likeness (QED) is 0.564. The summed E-state index contributed by atoms with van der Waals surface area (Å²) < 4.78 is 0. The fourth-order valence-corrected chi connectivity index (χ4v) is 0.530. The van der Waals surface area contributed by atoms with Crippen molar-refractivity contribution in [2.24, 2.45) is 0 Å². The lowest BCUT2D eigenvalue weighted by molar-refractivity contribution is 0.101. The molecule has 4 nitrogen and oxygen atoms in total. The molecule has 0 radical (unpaired) electrons. The zero-order valence-electron chi connectivity index (χ0n) is 5.53. The monoisotopic (exact) mass is 137 g/mol. The van der Waals surface area contributed by atoms with Crippen molar-refractivity contribution in [2.45, 2.75) is 6.92 Å². The molecule has 2 N–H and O–H groups in total. The van der Waals surface area contributed by atoms with Crippen LogP contribution in [0.5, 0.6) is 0 Å². The summed E-state index contributed by atoms with van der Waals surface area (Å²) in [6.07, 6.45) is 0. The van der Waals surface area contributed by atoms with E-state index in [4.69, 9.17) is 5.73 Å². The van der Waals surface area contributed by atoms with E-state index in [0.29, 0.717) is 11.5 Å². The molecule has 0 saturated heterocycles. The van der Waals surface area contributed by atoms with Crippen molar-refractivity contribution in [1.82, 2.24) is 10.2 Å². The van der Waals surface area contributed by atoms with E-state index < -0.39 is 0 Å². The molecule has 0 spiro atoms. The predicted molar refractivity (Wildman–Crippen MR) is 36.4 cm³/mol. The molecule has 0 fully saturated rings. The average Bonchev–Trinajstić information content (AvgIpc) is 1.88. The Hall–Kier alpha value is -1.45. The van der Waals surface area contributed by atoms with Gasteiger partial charge in [-0.1, -0.05) is 0 Å². The minimum absolute atomic E-state index is 0.104. The van der Waals surface area contributed by atoms with E-state index >= 15 is 0 Å². The van der Waals surface area contributed by atoms with Crippen molar-refractivity contribution in [3.63, 3.8) is 0 Å². The molecule has 0 saturated carbocycles. The summed E-state index contributed by atoms with van der Waals surface area (Å²) in [7, 11) is 0. The molecular formula is C6H7N3O. The third-order valence-corrected chi connectivity index (χ3v) is 1.05. The van der Waals surface area contributed by atoms with Gasteiger partial charge in [0.25, 0.3) is 0 Å². The molecule has 1 heterocycles. The van der Waals surface area contributed by atoms with E-state index in [2.05, 4.69) is 10.2 Å². The summed E-state index contributed by atoms with van der Waals surface area (Å²) in [4.78, 5) is 10.6. The summed E-state index contributed by atoms with van der Waals surface area (Å²) >= 11 is 0. The molecule has 0 amide bonds. The van der Waals surface area contributed by atoms with Crippen LogP contribution in [0.2, 0.25) is 0 Å². The van der Waals surface area contributed by atoms with Gasteiger partial charge in [-0.05, 0) is 12.1 Å². The van der Waals surface area contributed by atoms with Crippen LogP contribution in [0.25, 0.3) is 0 Å². The van der Waals surface area contributed by atoms with Gasteiger partial charge in [-0.3, -0.25) is 4.79 Å². The second-order valence-corrected chi connectivity index (χ2v) is 1.90. The Morgan fingerprint density at radius 3 is 2.60 bits per heavy atom. The maximum absolute atomic E-state index is 10.6. The molecule has 0 atom stereocenters. The van der Waals surface area contributed by atoms with Gasteiger partial charge in [0, 0.05) is 6.92 Å². The van der Waals surface area contributed by atoms with Crippen molar-refractivity contribution in [3.8, 4) is 0 Å². The number of aromatic nitrogens is 2. The first-order chi connectivity index (χ1) is 4.70. The number of carbonyl (C=O) groups is 1. The Bertz CT molecular complexity index is 242. The summed E-state index contributed by atoms with van der Waals surface area (Å²) in [5, 5.41) is 7.06. The van der Waals surface area contributed by atoms with Gasteiger partial charge in [0.15, 0.2) is 5.78 Å². The highest BCUT2D eigenvalue weighted by atomic mass is 16.1. The SMILES string of the molecule is CC(=O)c1ccc(N)nn1. The molecule has 1 aromatic rings. The average molecular weight is 137 g/mol. The van der Waals surface area contributed by atoms with E-state index in [9.17, 15) is 4.79 Å². The molecular weight excluding hydrogens is 130 g/mol. The molecule has 0 aliphatic heterocycles. The third kappa shape index (κ3) is 1.28. The lowest BCUT2D eigenvalue weighted by Crippen LogP contribution is -2.00. The van der Waals surface area contributed by atoms with Crippen molar-refractivity contribution in [3.05, 3.63) is 17.8 Å². The molecule has 0 bridgehead atoms. The second-order valence-electron chi connectivity index (χ2n) is 1.90. The minimum atomic E-state index is -0.104. The van der Waals surface area contributed by atoms with Crippen molar-refractivity contribution in [1.29, 1.82) is 0 Å². The number of carbonyl (C=O) groups excluding carboxylic acids is 1. The van der Waals surface area contributed by atoms with Gasteiger partial charge in [0.1, 0.15) is 11.5 Å². The highest BCUT2D eigenvalue weighted by molar-refractivity contribution is 5.91. The van der Waals surface area contributed by atoms with Crippen molar-refractivity contribution < 1.29 is 4.79 Å². The van der Waals surface area contributed by atoms with Gasteiger partial charge in [0.2, 0.25) is 0 Å². The molecule has 0 aromatic carbocycles. The number of Topliss-reactive ketones (excluding diaryl/α,β-unsaturated/α-hetero) is 1. The number of hydrogen-bond acceptors (Lipinski definition) is 4. The first-order valence-electron chi connectivity index (χ1n) is 2.80. The number of anilines is 1. The van der Waals surface area contributed by atoms with Crippen LogP contribution in [0, 0.1) is 0 Å². The van der Waals surface area contributed by atoms with Crippen LogP contribution in [0.1, 0.15) is 17.4 Å². The lowest BCUT2D eigenvalue weighted by Gasteiger charge is -1.91. The fraction of sp³-hybridized carbons (Fsp3) is 0.167. The summed E-state index contributed by atoms with van der Waals surface area (Å²) in [5.41, 5.74) is 5.58. The van der Waals surface area contributed by atoms with Gasteiger partial charge < -0.3 is 5.73 Å². The van der Waals surface area contributed by atoms with Crippen LogP contribution in [-0.4, -0.2) is 16.0 Å². The Morgan fingerprint density at radius 2 is 2.20 bits per heavy atom. The fourth-order valence-electron chi connectivity index (χ4n) is 0.530. The van der Waals surface area contributed by atoms with E-state index in [1.54, 1.807) is 12.1 Å². The normalized spacial score (nSPS) is 9.30. The number of rotatable bonds is 1. The minimum Gasteiger partial charge on any atom is -0.382 e. The van der Waals surface area contributed by atoms with Crippen LogP contribution < -0.4 is 5.73 Å². The van der Waals surface area contributed by atoms with Gasteiger partial charge in [0.05, 0.1) is 0 Å². The van der Waals surface area contributed by atoms with Crippen molar-refractivity contribution in [2.75, 3.05) is 5.73 Å². The van der Waals surface area contributed by atoms with Gasteiger partial charge in [-0.25, -0.2) is 0 Å². The zero-order chi connectivity index (χ0) is 7.56.